The SMILES string of the molecule is CCCCOC(=O)N(C)C(C(=O)N(C)C(C(=O)OCC(C)C)C(C)C)C(C)C. The number of hydrogen-bond donors (Lipinski definition) is 0. The molecule has 2 unspecified atom stereocenters. The van der Waals surface area contributed by atoms with Crippen LogP contribution in [-0.4, -0.2) is 67.2 Å². The van der Waals surface area contributed by atoms with Crippen LogP contribution in [0.2, 0.25) is 0 Å². The van der Waals surface area contributed by atoms with Gasteiger partial charge in [-0.05, 0) is 24.2 Å². The normalized spacial score (nSPS) is 13.4. The third-order valence-electron chi connectivity index (χ3n) is 4.51. The number of carbonyl (C=O) groups excluding carboxylic acids is 3. The van der Waals surface area contributed by atoms with Crippen LogP contribution >= 0.6 is 0 Å². The topological polar surface area (TPSA) is 76.2 Å². The van der Waals surface area contributed by atoms with Gasteiger partial charge in [-0.15, -0.1) is 0 Å². The van der Waals surface area contributed by atoms with Gasteiger partial charge in [0.25, 0.3) is 0 Å². The molecule has 0 radical (unpaired) electrons. The molecule has 7 heteroatoms. The lowest BCUT2D eigenvalue weighted by Gasteiger charge is -2.36. The summed E-state index contributed by atoms with van der Waals surface area (Å²) in [6, 6.07) is -1.43. The summed E-state index contributed by atoms with van der Waals surface area (Å²) in [7, 11) is 3.15. The van der Waals surface area contributed by atoms with Gasteiger partial charge >= 0.3 is 12.1 Å². The predicted octanol–water partition coefficient (Wildman–Crippen LogP) is 3.56. The zero-order valence-electron chi connectivity index (χ0n) is 19.2. The van der Waals surface area contributed by atoms with E-state index in [1.54, 1.807) is 14.1 Å². The number of amides is 2. The van der Waals surface area contributed by atoms with Crippen molar-refractivity contribution in [2.24, 2.45) is 17.8 Å². The van der Waals surface area contributed by atoms with Gasteiger partial charge in [0.05, 0.1) is 13.2 Å². The van der Waals surface area contributed by atoms with Crippen LogP contribution in [0.1, 0.15) is 61.3 Å². The van der Waals surface area contributed by atoms with Crippen molar-refractivity contribution in [2.75, 3.05) is 27.3 Å². The largest absolute Gasteiger partial charge is 0.464 e. The number of esters is 1. The van der Waals surface area contributed by atoms with Crippen molar-refractivity contribution in [1.82, 2.24) is 9.80 Å². The van der Waals surface area contributed by atoms with Crippen molar-refractivity contribution in [3.63, 3.8) is 0 Å². The Hall–Kier alpha value is -1.79. The van der Waals surface area contributed by atoms with E-state index in [4.69, 9.17) is 9.47 Å². The molecule has 28 heavy (non-hydrogen) atoms. The second kappa shape index (κ2) is 12.6. The fourth-order valence-electron chi connectivity index (χ4n) is 2.97. The van der Waals surface area contributed by atoms with Gasteiger partial charge in [-0.1, -0.05) is 54.9 Å². The fourth-order valence-corrected chi connectivity index (χ4v) is 2.97. The van der Waals surface area contributed by atoms with Crippen LogP contribution in [0, 0.1) is 17.8 Å². The van der Waals surface area contributed by atoms with E-state index < -0.39 is 24.1 Å². The molecule has 0 spiro atoms. The van der Waals surface area contributed by atoms with Crippen molar-refractivity contribution in [1.29, 1.82) is 0 Å². The minimum Gasteiger partial charge on any atom is -0.464 e. The molecule has 2 amide bonds. The number of hydrogen-bond acceptors (Lipinski definition) is 5. The molecule has 0 rings (SSSR count). The van der Waals surface area contributed by atoms with E-state index in [1.807, 2.05) is 48.5 Å². The maximum absolute atomic E-state index is 13.2. The summed E-state index contributed by atoms with van der Waals surface area (Å²) in [6.07, 6.45) is 1.16. The molecule has 164 valence electrons. The first kappa shape index (κ1) is 26.2. The van der Waals surface area contributed by atoms with Crippen LogP contribution < -0.4 is 0 Å². The van der Waals surface area contributed by atoms with Gasteiger partial charge in [-0.2, -0.15) is 0 Å². The highest BCUT2D eigenvalue weighted by Crippen LogP contribution is 2.19. The Morgan fingerprint density at radius 3 is 1.79 bits per heavy atom. The molecule has 0 aromatic heterocycles. The Labute approximate surface area is 170 Å². The Balaban J connectivity index is 5.38. The molecule has 0 aliphatic carbocycles. The highest BCUT2D eigenvalue weighted by Gasteiger charge is 2.38. The predicted molar refractivity (Wildman–Crippen MR) is 110 cm³/mol. The molecular formula is C21H40N2O5. The van der Waals surface area contributed by atoms with Crippen molar-refractivity contribution >= 4 is 18.0 Å². The Morgan fingerprint density at radius 1 is 0.821 bits per heavy atom. The number of unbranched alkanes of at least 4 members (excludes halogenated alkanes) is 1. The fraction of sp³-hybridized carbons (Fsp3) is 0.857. The highest BCUT2D eigenvalue weighted by molar-refractivity contribution is 5.89. The zero-order chi connectivity index (χ0) is 22.0. The molecule has 0 saturated carbocycles. The molecule has 0 aromatic rings. The third kappa shape index (κ3) is 8.07. The summed E-state index contributed by atoms with van der Waals surface area (Å²) in [5, 5.41) is 0. The van der Waals surface area contributed by atoms with Crippen LogP contribution in [-0.2, 0) is 19.1 Å². The smallest absolute Gasteiger partial charge is 0.410 e. The minimum absolute atomic E-state index is 0.122. The number of carbonyl (C=O) groups is 3. The third-order valence-corrected chi connectivity index (χ3v) is 4.51. The maximum atomic E-state index is 13.2. The van der Waals surface area contributed by atoms with Crippen LogP contribution in [0.25, 0.3) is 0 Å². The van der Waals surface area contributed by atoms with Gasteiger partial charge in [0.15, 0.2) is 0 Å². The van der Waals surface area contributed by atoms with Gasteiger partial charge in [0.2, 0.25) is 5.91 Å². The lowest BCUT2D eigenvalue weighted by atomic mass is 9.98. The second-order valence-electron chi connectivity index (χ2n) is 8.43. The summed E-state index contributed by atoms with van der Waals surface area (Å²) in [6.45, 7) is 14.0. The van der Waals surface area contributed by atoms with Crippen LogP contribution in [0.5, 0.6) is 0 Å². The Morgan fingerprint density at radius 2 is 1.36 bits per heavy atom. The molecular weight excluding hydrogens is 360 g/mol. The molecule has 0 aliphatic heterocycles. The molecule has 0 fully saturated rings. The molecule has 0 heterocycles. The molecule has 7 nitrogen and oxygen atoms in total. The van der Waals surface area contributed by atoms with Gasteiger partial charge in [-0.25, -0.2) is 9.59 Å². The van der Waals surface area contributed by atoms with Crippen molar-refractivity contribution in [3.8, 4) is 0 Å². The lowest BCUT2D eigenvalue weighted by Crippen LogP contribution is -2.56. The second-order valence-corrected chi connectivity index (χ2v) is 8.43. The van der Waals surface area contributed by atoms with Crippen LogP contribution in [0.15, 0.2) is 0 Å². The Bertz CT molecular complexity index is 505. The van der Waals surface area contributed by atoms with E-state index in [0.29, 0.717) is 13.2 Å². The molecule has 0 aliphatic rings. The highest BCUT2D eigenvalue weighted by atomic mass is 16.6. The first-order chi connectivity index (χ1) is 12.9. The molecule has 0 aromatic carbocycles. The standard InChI is InChI=1S/C21H40N2O5/c1-10-11-12-27-21(26)23(9)17(15(4)5)19(24)22(8)18(16(6)7)20(25)28-13-14(2)3/h14-18H,10-13H2,1-9H3. The van der Waals surface area contributed by atoms with Crippen molar-refractivity contribution in [2.45, 2.75) is 73.4 Å². The Kier molecular flexibility index (Phi) is 11.8. The first-order valence-corrected chi connectivity index (χ1v) is 10.3. The number of likely N-dealkylation sites (N-methyl/N-ethyl adjacent to an activating group) is 2. The average Bonchev–Trinajstić information content (AvgIpc) is 2.59. The van der Waals surface area contributed by atoms with Crippen LogP contribution in [0.3, 0.4) is 0 Å². The van der Waals surface area contributed by atoms with Crippen molar-refractivity contribution < 1.29 is 23.9 Å². The first-order valence-electron chi connectivity index (χ1n) is 10.3. The van der Waals surface area contributed by atoms with Crippen molar-refractivity contribution in [3.05, 3.63) is 0 Å². The summed E-state index contributed by atoms with van der Waals surface area (Å²) >= 11 is 0. The van der Waals surface area contributed by atoms with Gasteiger partial charge in [-0.3, -0.25) is 9.69 Å². The number of ether oxygens (including phenoxy) is 2. The van der Waals surface area contributed by atoms with Crippen LogP contribution in [0.4, 0.5) is 4.79 Å². The van der Waals surface area contributed by atoms with E-state index in [-0.39, 0.29) is 23.7 Å². The minimum atomic E-state index is -0.724. The van der Waals surface area contributed by atoms with E-state index in [9.17, 15) is 14.4 Å². The van der Waals surface area contributed by atoms with Gasteiger partial charge in [0.1, 0.15) is 12.1 Å². The molecule has 0 saturated heterocycles. The average molecular weight is 401 g/mol. The monoisotopic (exact) mass is 400 g/mol. The van der Waals surface area contributed by atoms with E-state index >= 15 is 0 Å². The van der Waals surface area contributed by atoms with E-state index in [0.717, 1.165) is 12.8 Å². The summed E-state index contributed by atoms with van der Waals surface area (Å²) in [5.41, 5.74) is 0. The maximum Gasteiger partial charge on any atom is 0.410 e. The zero-order valence-corrected chi connectivity index (χ0v) is 19.2. The van der Waals surface area contributed by atoms with Gasteiger partial charge in [0, 0.05) is 14.1 Å². The summed E-state index contributed by atoms with van der Waals surface area (Å²) in [5.74, 6) is -0.771. The number of rotatable bonds is 11. The van der Waals surface area contributed by atoms with E-state index in [1.165, 1.54) is 9.80 Å². The van der Waals surface area contributed by atoms with Gasteiger partial charge < -0.3 is 14.4 Å². The molecule has 0 N–H and O–H groups in total. The molecule has 0 bridgehead atoms. The summed E-state index contributed by atoms with van der Waals surface area (Å²) in [4.78, 5) is 40.9. The quantitative estimate of drug-likeness (QED) is 0.391. The van der Waals surface area contributed by atoms with E-state index in [2.05, 4.69) is 0 Å². The lowest BCUT2D eigenvalue weighted by molar-refractivity contribution is -0.158. The molecule has 2 atom stereocenters. The summed E-state index contributed by atoms with van der Waals surface area (Å²) < 4.78 is 10.6. The number of nitrogens with zero attached hydrogens (tertiary/aromatic N) is 2.